The Morgan fingerprint density at radius 1 is 0.970 bits per heavy atom. The predicted molar refractivity (Wildman–Crippen MR) is 140 cm³/mol. The van der Waals surface area contributed by atoms with Gasteiger partial charge in [-0.2, -0.15) is 0 Å². The molecule has 1 aliphatic carbocycles. The van der Waals surface area contributed by atoms with Crippen LogP contribution in [0.4, 0.5) is 0 Å². The van der Waals surface area contributed by atoms with Gasteiger partial charge in [-0.05, 0) is 48.4 Å². The Morgan fingerprint density at radius 3 is 2.00 bits per heavy atom. The number of benzene rings is 1. The van der Waals surface area contributed by atoms with Crippen molar-refractivity contribution in [2.75, 3.05) is 0 Å². The molecule has 1 aromatic carbocycles. The second-order valence-electron chi connectivity index (χ2n) is 12.6. The van der Waals surface area contributed by atoms with Gasteiger partial charge < -0.3 is 18.7 Å². The first-order chi connectivity index (χ1) is 14.9. The third kappa shape index (κ3) is 5.02. The minimum absolute atomic E-state index is 0.00817. The SMILES string of the molecule is CC(C)(C)[Si](C)(C)O[C@@H]1[C@@H]2OC(=O)[C@](Sc3ccccc3)(C[C@H]1O[Si](C)(C)C(C)(C)C)C2O. The van der Waals surface area contributed by atoms with E-state index in [0.717, 1.165) is 4.90 Å². The Hall–Kier alpha value is -0.646. The van der Waals surface area contributed by atoms with E-state index in [1.807, 2.05) is 30.3 Å². The zero-order valence-corrected chi connectivity index (χ0v) is 24.7. The van der Waals surface area contributed by atoms with E-state index in [2.05, 4.69) is 67.7 Å². The van der Waals surface area contributed by atoms with Crippen LogP contribution in [0.15, 0.2) is 35.2 Å². The third-order valence-corrected chi connectivity index (χ3v) is 18.5. The van der Waals surface area contributed by atoms with Crippen LogP contribution in [0.3, 0.4) is 0 Å². The van der Waals surface area contributed by atoms with Crippen molar-refractivity contribution >= 4 is 34.4 Å². The van der Waals surface area contributed by atoms with Gasteiger partial charge in [-0.15, -0.1) is 11.8 Å². The molecule has 0 spiro atoms. The predicted octanol–water partition coefficient (Wildman–Crippen LogP) is 5.99. The maximum atomic E-state index is 13.3. The largest absolute Gasteiger partial charge is 0.456 e. The molecule has 3 rings (SSSR count). The molecule has 1 heterocycles. The molecule has 1 saturated carbocycles. The van der Waals surface area contributed by atoms with E-state index in [4.69, 9.17) is 13.6 Å². The Morgan fingerprint density at radius 2 is 1.48 bits per heavy atom. The van der Waals surface area contributed by atoms with Gasteiger partial charge in [-0.3, -0.25) is 4.79 Å². The van der Waals surface area contributed by atoms with Crippen molar-refractivity contribution in [3.63, 3.8) is 0 Å². The summed E-state index contributed by atoms with van der Waals surface area (Å²) in [6.07, 6.45) is -2.12. The molecule has 0 aromatic heterocycles. The molecular weight excluding hydrogens is 469 g/mol. The summed E-state index contributed by atoms with van der Waals surface area (Å²) in [5, 5.41) is 11.5. The maximum Gasteiger partial charge on any atom is 0.325 e. The topological polar surface area (TPSA) is 65.0 Å². The van der Waals surface area contributed by atoms with Crippen LogP contribution in [0.5, 0.6) is 0 Å². The average molecular weight is 511 g/mol. The number of aliphatic hydroxyl groups excluding tert-OH is 1. The molecule has 2 fully saturated rings. The van der Waals surface area contributed by atoms with E-state index >= 15 is 0 Å². The molecule has 5 nitrogen and oxygen atoms in total. The number of aliphatic hydroxyl groups is 1. The van der Waals surface area contributed by atoms with Gasteiger partial charge in [0.05, 0.1) is 6.10 Å². The number of rotatable bonds is 6. The fourth-order valence-corrected chi connectivity index (χ4v) is 7.91. The number of thioether (sulfide) groups is 1. The molecule has 2 bridgehead atoms. The summed E-state index contributed by atoms with van der Waals surface area (Å²) in [5.41, 5.74) is 0. The molecule has 1 unspecified atom stereocenters. The summed E-state index contributed by atoms with van der Waals surface area (Å²) >= 11 is 1.40. The van der Waals surface area contributed by atoms with E-state index in [1.165, 1.54) is 11.8 Å². The first kappa shape index (κ1) is 26.9. The monoisotopic (exact) mass is 510 g/mol. The van der Waals surface area contributed by atoms with Crippen molar-refractivity contribution < 1.29 is 23.5 Å². The summed E-state index contributed by atoms with van der Waals surface area (Å²) in [6, 6.07) is 9.77. The Labute approximate surface area is 206 Å². The molecule has 186 valence electrons. The van der Waals surface area contributed by atoms with Crippen molar-refractivity contribution in [3.8, 4) is 0 Å². The number of fused-ring (bicyclic) bond motifs is 2. The van der Waals surface area contributed by atoms with Crippen molar-refractivity contribution in [2.24, 2.45) is 0 Å². The van der Waals surface area contributed by atoms with Crippen LogP contribution < -0.4 is 0 Å². The lowest BCUT2D eigenvalue weighted by molar-refractivity contribution is -0.147. The zero-order chi connectivity index (χ0) is 25.0. The summed E-state index contributed by atoms with van der Waals surface area (Å²) in [7, 11) is -4.40. The molecule has 1 aliphatic heterocycles. The number of hydrogen-bond acceptors (Lipinski definition) is 6. The lowest BCUT2D eigenvalue weighted by atomic mass is 9.82. The van der Waals surface area contributed by atoms with Crippen molar-refractivity contribution in [1.82, 2.24) is 0 Å². The van der Waals surface area contributed by atoms with E-state index in [1.54, 1.807) is 0 Å². The second kappa shape index (κ2) is 8.78. The van der Waals surface area contributed by atoms with Crippen LogP contribution in [0.25, 0.3) is 0 Å². The van der Waals surface area contributed by atoms with Crippen LogP contribution in [0, 0.1) is 0 Å². The molecule has 1 aromatic rings. The van der Waals surface area contributed by atoms with Crippen molar-refractivity contribution in [3.05, 3.63) is 30.3 Å². The fourth-order valence-electron chi connectivity index (χ4n) is 3.92. The molecule has 0 radical (unpaired) electrons. The Bertz CT molecular complexity index is 862. The van der Waals surface area contributed by atoms with E-state index in [9.17, 15) is 9.90 Å². The van der Waals surface area contributed by atoms with Crippen LogP contribution in [-0.4, -0.2) is 56.9 Å². The van der Waals surface area contributed by atoms with Gasteiger partial charge in [0.15, 0.2) is 22.7 Å². The van der Waals surface area contributed by atoms with Crippen LogP contribution in [-0.2, 0) is 18.4 Å². The first-order valence-corrected chi connectivity index (χ1v) is 18.5. The average Bonchev–Trinajstić information content (AvgIpc) is 2.82. The van der Waals surface area contributed by atoms with Gasteiger partial charge in [-0.1, -0.05) is 59.7 Å². The first-order valence-electron chi connectivity index (χ1n) is 11.9. The molecule has 1 saturated heterocycles. The zero-order valence-electron chi connectivity index (χ0n) is 21.9. The van der Waals surface area contributed by atoms with Gasteiger partial charge in [0.25, 0.3) is 0 Å². The van der Waals surface area contributed by atoms with Gasteiger partial charge in [0, 0.05) is 11.3 Å². The Kier molecular flexibility index (Phi) is 7.17. The number of carbonyl (C=O) groups excluding carboxylic acids is 1. The molecule has 5 atom stereocenters. The lowest BCUT2D eigenvalue weighted by Crippen LogP contribution is -2.63. The summed E-state index contributed by atoms with van der Waals surface area (Å²) in [6.45, 7) is 22.1. The lowest BCUT2D eigenvalue weighted by Gasteiger charge is -2.49. The highest BCUT2D eigenvalue weighted by atomic mass is 32.2. The maximum absolute atomic E-state index is 13.3. The van der Waals surface area contributed by atoms with Crippen molar-refractivity contribution in [1.29, 1.82) is 0 Å². The molecule has 1 N–H and O–H groups in total. The molecule has 33 heavy (non-hydrogen) atoms. The third-order valence-electron chi connectivity index (χ3n) is 8.10. The quantitative estimate of drug-likeness (QED) is 0.375. The summed E-state index contributed by atoms with van der Waals surface area (Å²) < 4.78 is 18.6. The normalized spacial score (nSPS) is 30.9. The molecular formula is C25H42O5SSi2. The van der Waals surface area contributed by atoms with Crippen LogP contribution >= 0.6 is 11.8 Å². The van der Waals surface area contributed by atoms with Crippen molar-refractivity contribution in [2.45, 2.75) is 118 Å². The highest BCUT2D eigenvalue weighted by Gasteiger charge is 2.67. The van der Waals surface area contributed by atoms with Gasteiger partial charge in [0.1, 0.15) is 17.0 Å². The molecule has 0 amide bonds. The van der Waals surface area contributed by atoms with Gasteiger partial charge >= 0.3 is 5.97 Å². The number of esters is 1. The molecule has 8 heteroatoms. The van der Waals surface area contributed by atoms with E-state index in [-0.39, 0.29) is 22.1 Å². The number of hydrogen-bond donors (Lipinski definition) is 1. The minimum atomic E-state index is -2.22. The van der Waals surface area contributed by atoms with Gasteiger partial charge in [0.2, 0.25) is 0 Å². The number of carbonyl (C=O) groups is 1. The number of ether oxygens (including phenoxy) is 1. The molecule has 2 aliphatic rings. The Balaban J connectivity index is 2.02. The van der Waals surface area contributed by atoms with E-state index in [0.29, 0.717) is 6.42 Å². The summed E-state index contributed by atoms with van der Waals surface area (Å²) in [5.74, 6) is -0.362. The standard InChI is InChI=1S/C25H42O5SSi2/c1-23(2,3)32(7,8)29-18-16-25(31-17-14-12-11-13-15-17)21(26)20(28-22(25)27)19(18)30-33(9,10)24(4,5)6/h11-15,18-21,26H,16H2,1-10H3/t18-,19+,20+,21?,25+/m1/s1. The van der Waals surface area contributed by atoms with Crippen LogP contribution in [0.1, 0.15) is 48.0 Å². The second-order valence-corrected chi connectivity index (χ2v) is 23.5. The summed E-state index contributed by atoms with van der Waals surface area (Å²) in [4.78, 5) is 14.3. The van der Waals surface area contributed by atoms with Crippen LogP contribution in [0.2, 0.25) is 36.3 Å². The highest BCUT2D eigenvalue weighted by molar-refractivity contribution is 8.01. The minimum Gasteiger partial charge on any atom is -0.456 e. The fraction of sp³-hybridized carbons (Fsp3) is 0.720. The van der Waals surface area contributed by atoms with Gasteiger partial charge in [-0.25, -0.2) is 0 Å². The smallest absolute Gasteiger partial charge is 0.325 e. The highest BCUT2D eigenvalue weighted by Crippen LogP contribution is 2.53. The van der Waals surface area contributed by atoms with E-state index < -0.39 is 39.7 Å².